The monoisotopic (exact) mass is 426 g/mol. The van der Waals surface area contributed by atoms with E-state index in [1.54, 1.807) is 0 Å². The van der Waals surface area contributed by atoms with Crippen LogP contribution >= 0.6 is 0 Å². The first-order chi connectivity index (χ1) is 15.0. The second-order valence-corrected chi connectivity index (χ2v) is 7.27. The number of carboxylic acids is 1. The smallest absolute Gasteiger partial charge is 0.407 e. The lowest BCUT2D eigenvalue weighted by molar-refractivity contribution is -0.137. The normalized spacial score (nSPS) is 13.1. The largest absolute Gasteiger partial charge is 0.481 e. The summed E-state index contributed by atoms with van der Waals surface area (Å²) in [6.45, 7) is 0.298. The Bertz CT molecular complexity index is 900. The summed E-state index contributed by atoms with van der Waals surface area (Å²) >= 11 is 0. The summed E-state index contributed by atoms with van der Waals surface area (Å²) in [6, 6.07) is 15.1. The third-order valence-corrected chi connectivity index (χ3v) is 5.15. The molecule has 1 aliphatic rings. The highest BCUT2D eigenvalue weighted by Crippen LogP contribution is 2.44. The van der Waals surface area contributed by atoms with Gasteiger partial charge in [-0.25, -0.2) is 4.79 Å². The van der Waals surface area contributed by atoms with Crippen molar-refractivity contribution < 1.29 is 29.0 Å². The van der Waals surface area contributed by atoms with E-state index in [-0.39, 0.29) is 32.1 Å². The van der Waals surface area contributed by atoms with Gasteiger partial charge >= 0.3 is 12.1 Å². The number of methoxy groups -OCH3 is 1. The zero-order valence-electron chi connectivity index (χ0n) is 17.3. The molecule has 0 aliphatic heterocycles. The van der Waals surface area contributed by atoms with Gasteiger partial charge < -0.3 is 25.2 Å². The Kier molecular flexibility index (Phi) is 7.61. The molecule has 0 spiro atoms. The fraction of sp³-hybridized carbons (Fsp3) is 0.348. The Balaban J connectivity index is 1.57. The Hall–Kier alpha value is -3.39. The Morgan fingerprint density at radius 1 is 1.03 bits per heavy atom. The second-order valence-electron chi connectivity index (χ2n) is 7.27. The summed E-state index contributed by atoms with van der Waals surface area (Å²) in [7, 11) is 1.42. The molecule has 0 saturated carbocycles. The first-order valence-corrected chi connectivity index (χ1v) is 10.1. The molecule has 2 aromatic rings. The highest BCUT2D eigenvalue weighted by atomic mass is 16.5. The zero-order valence-corrected chi connectivity index (χ0v) is 17.3. The Labute approximate surface area is 180 Å². The molecule has 8 heteroatoms. The number of amides is 2. The summed E-state index contributed by atoms with van der Waals surface area (Å²) in [6.07, 6.45) is -0.467. The number of carbonyl (C=O) groups excluding carboxylic acids is 2. The lowest BCUT2D eigenvalue weighted by Gasteiger charge is -2.19. The standard InChI is InChI=1S/C23H26N2O6/c1-30-14-20(22(28)24-12-6-11-21(26)27)25-23(29)31-13-19-17-9-4-2-7-15(17)16-8-3-5-10-18(16)19/h2-5,7-10,19-20H,6,11-14H2,1H3,(H,24,28)(H,25,29)(H,26,27)/t20-/m0/s1. The van der Waals surface area contributed by atoms with Gasteiger partial charge in [-0.05, 0) is 28.7 Å². The van der Waals surface area contributed by atoms with E-state index in [4.69, 9.17) is 14.6 Å². The number of hydrogen-bond donors (Lipinski definition) is 3. The van der Waals surface area contributed by atoms with Gasteiger partial charge in [0.1, 0.15) is 12.6 Å². The minimum Gasteiger partial charge on any atom is -0.481 e. The van der Waals surface area contributed by atoms with Crippen molar-refractivity contribution in [1.29, 1.82) is 0 Å². The highest BCUT2D eigenvalue weighted by Gasteiger charge is 2.29. The predicted octanol–water partition coefficient (Wildman–Crippen LogP) is 2.52. The van der Waals surface area contributed by atoms with Crippen molar-refractivity contribution >= 4 is 18.0 Å². The maximum Gasteiger partial charge on any atom is 0.407 e. The van der Waals surface area contributed by atoms with E-state index in [2.05, 4.69) is 22.8 Å². The number of benzene rings is 2. The van der Waals surface area contributed by atoms with Gasteiger partial charge in [-0.3, -0.25) is 9.59 Å². The van der Waals surface area contributed by atoms with Gasteiger partial charge in [0.15, 0.2) is 0 Å². The van der Waals surface area contributed by atoms with Crippen molar-refractivity contribution in [1.82, 2.24) is 10.6 Å². The van der Waals surface area contributed by atoms with Crippen LogP contribution in [0.25, 0.3) is 11.1 Å². The molecular weight excluding hydrogens is 400 g/mol. The van der Waals surface area contributed by atoms with Crippen LogP contribution < -0.4 is 10.6 Å². The number of nitrogens with one attached hydrogen (secondary N) is 2. The third-order valence-electron chi connectivity index (χ3n) is 5.15. The molecule has 0 unspecified atom stereocenters. The van der Waals surface area contributed by atoms with Crippen LogP contribution in [-0.4, -0.2) is 56.0 Å². The molecule has 0 saturated heterocycles. The predicted molar refractivity (Wildman–Crippen MR) is 114 cm³/mol. The molecule has 0 bridgehead atoms. The summed E-state index contributed by atoms with van der Waals surface area (Å²) in [5, 5.41) is 13.8. The summed E-state index contributed by atoms with van der Waals surface area (Å²) in [5.74, 6) is -1.47. The van der Waals surface area contributed by atoms with Crippen LogP contribution in [0.3, 0.4) is 0 Å². The quantitative estimate of drug-likeness (QED) is 0.503. The van der Waals surface area contributed by atoms with Gasteiger partial charge in [0.25, 0.3) is 0 Å². The van der Waals surface area contributed by atoms with Gasteiger partial charge in [0.05, 0.1) is 6.61 Å². The lowest BCUT2D eigenvalue weighted by atomic mass is 9.98. The van der Waals surface area contributed by atoms with Crippen LogP contribution in [-0.2, 0) is 19.1 Å². The van der Waals surface area contributed by atoms with Crippen molar-refractivity contribution in [3.63, 3.8) is 0 Å². The number of aliphatic carboxylic acids is 1. The number of ether oxygens (including phenoxy) is 2. The number of alkyl carbamates (subject to hydrolysis) is 1. The molecule has 0 aromatic heterocycles. The number of carboxylic acid groups (broad SMARTS) is 1. The second kappa shape index (κ2) is 10.6. The number of carbonyl (C=O) groups is 3. The van der Waals surface area contributed by atoms with Crippen LogP contribution in [0.1, 0.15) is 29.9 Å². The number of rotatable bonds is 10. The minimum absolute atomic E-state index is 0.0328. The zero-order chi connectivity index (χ0) is 22.2. The van der Waals surface area contributed by atoms with E-state index in [9.17, 15) is 14.4 Å². The molecule has 31 heavy (non-hydrogen) atoms. The molecule has 164 valence electrons. The molecule has 8 nitrogen and oxygen atoms in total. The number of hydrogen-bond acceptors (Lipinski definition) is 5. The molecule has 2 amide bonds. The molecule has 0 radical (unpaired) electrons. The van der Waals surface area contributed by atoms with Crippen molar-refractivity contribution in [3.05, 3.63) is 59.7 Å². The first kappa shape index (κ1) is 22.3. The van der Waals surface area contributed by atoms with Gasteiger partial charge in [0.2, 0.25) is 5.91 Å². The lowest BCUT2D eigenvalue weighted by Crippen LogP contribution is -2.49. The van der Waals surface area contributed by atoms with Gasteiger partial charge in [-0.1, -0.05) is 48.5 Å². The van der Waals surface area contributed by atoms with E-state index in [1.165, 1.54) is 7.11 Å². The van der Waals surface area contributed by atoms with Crippen molar-refractivity contribution in [2.75, 3.05) is 26.9 Å². The average molecular weight is 426 g/mol. The van der Waals surface area contributed by atoms with Crippen LogP contribution in [0, 0.1) is 0 Å². The summed E-state index contributed by atoms with van der Waals surface area (Å²) in [4.78, 5) is 35.2. The number of fused-ring (bicyclic) bond motifs is 3. The van der Waals surface area contributed by atoms with Crippen LogP contribution in [0.4, 0.5) is 4.79 Å². The molecule has 3 N–H and O–H groups in total. The summed E-state index contributed by atoms with van der Waals surface area (Å²) in [5.41, 5.74) is 4.46. The fourth-order valence-electron chi connectivity index (χ4n) is 3.71. The molecule has 2 aromatic carbocycles. The molecule has 1 aliphatic carbocycles. The van der Waals surface area contributed by atoms with Crippen molar-refractivity contribution in [2.24, 2.45) is 0 Å². The van der Waals surface area contributed by atoms with Gasteiger partial charge in [-0.15, -0.1) is 0 Å². The van der Waals surface area contributed by atoms with E-state index in [0.29, 0.717) is 6.42 Å². The van der Waals surface area contributed by atoms with Crippen LogP contribution in [0.15, 0.2) is 48.5 Å². The maximum atomic E-state index is 12.4. The Morgan fingerprint density at radius 3 is 2.23 bits per heavy atom. The Morgan fingerprint density at radius 2 is 1.65 bits per heavy atom. The maximum absolute atomic E-state index is 12.4. The molecule has 0 fully saturated rings. The molecular formula is C23H26N2O6. The van der Waals surface area contributed by atoms with Crippen molar-refractivity contribution in [3.8, 4) is 11.1 Å². The van der Waals surface area contributed by atoms with E-state index < -0.39 is 24.0 Å². The summed E-state index contributed by atoms with van der Waals surface area (Å²) < 4.78 is 10.5. The molecule has 0 heterocycles. The third kappa shape index (κ3) is 5.61. The first-order valence-electron chi connectivity index (χ1n) is 10.1. The van der Waals surface area contributed by atoms with Gasteiger partial charge in [0, 0.05) is 26.0 Å². The minimum atomic E-state index is -0.939. The van der Waals surface area contributed by atoms with E-state index in [1.807, 2.05) is 36.4 Å². The highest BCUT2D eigenvalue weighted by molar-refractivity contribution is 5.86. The molecule has 1 atom stereocenters. The van der Waals surface area contributed by atoms with Crippen molar-refractivity contribution in [2.45, 2.75) is 24.8 Å². The van der Waals surface area contributed by atoms with E-state index in [0.717, 1.165) is 22.3 Å². The van der Waals surface area contributed by atoms with Gasteiger partial charge in [-0.2, -0.15) is 0 Å². The average Bonchev–Trinajstić information content (AvgIpc) is 3.08. The topological polar surface area (TPSA) is 114 Å². The van der Waals surface area contributed by atoms with E-state index >= 15 is 0 Å². The SMILES string of the molecule is COC[C@H](NC(=O)OCC1c2ccccc2-c2ccccc21)C(=O)NCCCC(=O)O. The fourth-order valence-corrected chi connectivity index (χ4v) is 3.71. The van der Waals surface area contributed by atoms with Crippen LogP contribution in [0.2, 0.25) is 0 Å². The van der Waals surface area contributed by atoms with Crippen LogP contribution in [0.5, 0.6) is 0 Å². The molecule has 3 rings (SSSR count).